The highest BCUT2D eigenvalue weighted by molar-refractivity contribution is 5.98. The Hall–Kier alpha value is -1.85. The number of carbonyl (C=O) groups excluding carboxylic acids is 1. The Morgan fingerprint density at radius 3 is 3.04 bits per heavy atom. The minimum Gasteiger partial charge on any atom is -0.383 e. The quantitative estimate of drug-likeness (QED) is 0.930. The molecule has 0 bridgehead atoms. The van der Waals surface area contributed by atoms with Crippen molar-refractivity contribution in [1.82, 2.24) is 14.8 Å². The molecule has 1 spiro atoms. The number of carbonyl (C=O) groups is 1. The van der Waals surface area contributed by atoms with Crippen molar-refractivity contribution in [2.75, 3.05) is 46.4 Å². The van der Waals surface area contributed by atoms with Crippen LogP contribution in [0.2, 0.25) is 0 Å². The molecule has 134 valence electrons. The van der Waals surface area contributed by atoms with E-state index >= 15 is 0 Å². The van der Waals surface area contributed by atoms with Gasteiger partial charge in [-0.05, 0) is 50.1 Å². The summed E-state index contributed by atoms with van der Waals surface area (Å²) in [6.07, 6.45) is 5.49. The lowest BCUT2D eigenvalue weighted by Crippen LogP contribution is -2.46. The van der Waals surface area contributed by atoms with Crippen LogP contribution < -0.4 is 0 Å². The van der Waals surface area contributed by atoms with Gasteiger partial charge in [-0.25, -0.2) is 0 Å². The first-order chi connectivity index (χ1) is 12.2. The molecular formula is C20H27N3O2. The molecule has 2 saturated heterocycles. The topological polar surface area (TPSA) is 48.6 Å². The fourth-order valence-corrected chi connectivity index (χ4v) is 4.53. The van der Waals surface area contributed by atoms with Crippen LogP contribution in [0.1, 0.15) is 29.6 Å². The monoisotopic (exact) mass is 341 g/mol. The molecule has 2 aliphatic heterocycles. The van der Waals surface area contributed by atoms with E-state index in [0.717, 1.165) is 62.2 Å². The van der Waals surface area contributed by atoms with Gasteiger partial charge in [0.25, 0.3) is 5.91 Å². The Labute approximate surface area is 148 Å². The smallest absolute Gasteiger partial charge is 0.253 e. The second-order valence-electron chi connectivity index (χ2n) is 7.63. The molecule has 0 saturated carbocycles. The highest BCUT2D eigenvalue weighted by atomic mass is 16.5. The number of amides is 1. The lowest BCUT2D eigenvalue weighted by atomic mass is 9.79. The zero-order valence-electron chi connectivity index (χ0n) is 15.0. The van der Waals surface area contributed by atoms with Gasteiger partial charge in [-0.15, -0.1) is 0 Å². The van der Waals surface area contributed by atoms with Gasteiger partial charge in [0.15, 0.2) is 0 Å². The number of benzene rings is 1. The average Bonchev–Trinajstić information content (AvgIpc) is 3.26. The molecule has 5 heteroatoms. The first-order valence-electron chi connectivity index (χ1n) is 9.27. The van der Waals surface area contributed by atoms with Gasteiger partial charge >= 0.3 is 0 Å². The van der Waals surface area contributed by atoms with Gasteiger partial charge in [0.05, 0.1) is 6.61 Å². The van der Waals surface area contributed by atoms with E-state index in [9.17, 15) is 4.79 Å². The summed E-state index contributed by atoms with van der Waals surface area (Å²) in [4.78, 5) is 20.7. The fraction of sp³-hybridized carbons (Fsp3) is 0.550. The number of piperidine rings is 1. The standard InChI is InChI=1S/C20H27N3O2/c1-25-12-11-22-9-2-6-20(14-22)7-10-23(15-20)19(24)17-3-4-18-16(13-17)5-8-21-18/h3-5,8,13,21H,2,6-7,9-12,14-15H2,1H3. The maximum Gasteiger partial charge on any atom is 0.253 e. The Morgan fingerprint density at radius 2 is 2.16 bits per heavy atom. The van der Waals surface area contributed by atoms with Crippen molar-refractivity contribution in [1.29, 1.82) is 0 Å². The van der Waals surface area contributed by atoms with Crippen molar-refractivity contribution in [3.63, 3.8) is 0 Å². The summed E-state index contributed by atoms with van der Waals surface area (Å²) in [7, 11) is 1.76. The number of ether oxygens (including phenoxy) is 1. The van der Waals surface area contributed by atoms with Crippen LogP contribution in [0.15, 0.2) is 30.5 Å². The minimum absolute atomic E-state index is 0.175. The Morgan fingerprint density at radius 1 is 1.24 bits per heavy atom. The molecule has 2 aromatic rings. The van der Waals surface area contributed by atoms with Crippen molar-refractivity contribution >= 4 is 16.8 Å². The van der Waals surface area contributed by atoms with Crippen LogP contribution in [0, 0.1) is 5.41 Å². The van der Waals surface area contributed by atoms with E-state index in [-0.39, 0.29) is 11.3 Å². The lowest BCUT2D eigenvalue weighted by molar-refractivity contribution is 0.0601. The number of methoxy groups -OCH3 is 1. The third-order valence-electron chi connectivity index (χ3n) is 5.88. The number of rotatable bonds is 4. The van der Waals surface area contributed by atoms with Gasteiger partial charge in [0, 0.05) is 61.4 Å². The first kappa shape index (κ1) is 16.6. The Bertz CT molecular complexity index is 756. The minimum atomic E-state index is 0.175. The number of H-pyrrole nitrogens is 1. The van der Waals surface area contributed by atoms with Gasteiger partial charge in [0.1, 0.15) is 0 Å². The normalized spacial score (nSPS) is 24.4. The SMILES string of the molecule is COCCN1CCCC2(CCN(C(=O)c3ccc4[nH]ccc4c3)C2)C1. The van der Waals surface area contributed by atoms with Crippen LogP contribution in [0.3, 0.4) is 0 Å². The zero-order valence-corrected chi connectivity index (χ0v) is 15.0. The summed E-state index contributed by atoms with van der Waals surface area (Å²) < 4.78 is 5.23. The van der Waals surface area contributed by atoms with Crippen LogP contribution in [0.4, 0.5) is 0 Å². The van der Waals surface area contributed by atoms with E-state index in [2.05, 4.69) is 14.8 Å². The van der Waals surface area contributed by atoms with Crippen LogP contribution in [-0.4, -0.2) is 67.1 Å². The number of nitrogens with zero attached hydrogens (tertiary/aromatic N) is 2. The zero-order chi connectivity index (χ0) is 17.3. The van der Waals surface area contributed by atoms with Crippen molar-refractivity contribution in [2.45, 2.75) is 19.3 Å². The summed E-state index contributed by atoms with van der Waals surface area (Å²) in [5.41, 5.74) is 2.16. The summed E-state index contributed by atoms with van der Waals surface area (Å²) in [6, 6.07) is 7.97. The largest absolute Gasteiger partial charge is 0.383 e. The summed E-state index contributed by atoms with van der Waals surface area (Å²) in [6.45, 7) is 5.80. The predicted octanol–water partition coefficient (Wildman–Crippen LogP) is 2.74. The van der Waals surface area contributed by atoms with E-state index in [1.807, 2.05) is 30.5 Å². The third kappa shape index (κ3) is 3.31. The lowest BCUT2D eigenvalue weighted by Gasteiger charge is -2.40. The number of likely N-dealkylation sites (tertiary alicyclic amines) is 2. The molecule has 1 N–H and O–H groups in total. The van der Waals surface area contributed by atoms with Crippen molar-refractivity contribution in [3.05, 3.63) is 36.0 Å². The molecule has 0 aliphatic carbocycles. The molecule has 4 rings (SSSR count). The van der Waals surface area contributed by atoms with Gasteiger partial charge < -0.3 is 19.5 Å². The van der Waals surface area contributed by atoms with E-state index < -0.39 is 0 Å². The number of nitrogens with one attached hydrogen (secondary N) is 1. The van der Waals surface area contributed by atoms with E-state index in [1.165, 1.54) is 12.8 Å². The molecular weight excluding hydrogens is 314 g/mol. The van der Waals surface area contributed by atoms with Crippen molar-refractivity contribution < 1.29 is 9.53 Å². The Kier molecular flexibility index (Phi) is 4.52. The van der Waals surface area contributed by atoms with Crippen LogP contribution >= 0.6 is 0 Å². The molecule has 5 nitrogen and oxygen atoms in total. The second kappa shape index (κ2) is 6.81. The van der Waals surface area contributed by atoms with Gasteiger partial charge in [-0.1, -0.05) is 0 Å². The van der Waals surface area contributed by atoms with Gasteiger partial charge in [-0.2, -0.15) is 0 Å². The molecule has 1 atom stereocenters. The van der Waals surface area contributed by atoms with E-state index in [1.54, 1.807) is 7.11 Å². The number of hydrogen-bond acceptors (Lipinski definition) is 3. The molecule has 0 radical (unpaired) electrons. The summed E-state index contributed by atoms with van der Waals surface area (Å²) in [5.74, 6) is 0.175. The molecule has 1 amide bonds. The van der Waals surface area contributed by atoms with E-state index in [4.69, 9.17) is 4.74 Å². The van der Waals surface area contributed by atoms with Crippen LogP contribution in [0.5, 0.6) is 0 Å². The van der Waals surface area contributed by atoms with Crippen molar-refractivity contribution in [3.8, 4) is 0 Å². The van der Waals surface area contributed by atoms with E-state index in [0.29, 0.717) is 0 Å². The average molecular weight is 341 g/mol. The second-order valence-corrected chi connectivity index (χ2v) is 7.63. The fourth-order valence-electron chi connectivity index (χ4n) is 4.53. The molecule has 1 aromatic heterocycles. The predicted molar refractivity (Wildman–Crippen MR) is 98.8 cm³/mol. The Balaban J connectivity index is 1.45. The number of fused-ring (bicyclic) bond motifs is 1. The number of aromatic amines is 1. The van der Waals surface area contributed by atoms with Crippen LogP contribution in [0.25, 0.3) is 10.9 Å². The highest BCUT2D eigenvalue weighted by Gasteiger charge is 2.42. The third-order valence-corrected chi connectivity index (χ3v) is 5.88. The molecule has 2 fully saturated rings. The molecule has 2 aliphatic rings. The molecule has 1 unspecified atom stereocenters. The highest BCUT2D eigenvalue weighted by Crippen LogP contribution is 2.39. The maximum absolute atomic E-state index is 13.0. The number of hydrogen-bond donors (Lipinski definition) is 1. The van der Waals surface area contributed by atoms with Crippen LogP contribution in [-0.2, 0) is 4.74 Å². The molecule has 1 aromatic carbocycles. The maximum atomic E-state index is 13.0. The first-order valence-corrected chi connectivity index (χ1v) is 9.27. The van der Waals surface area contributed by atoms with Crippen molar-refractivity contribution in [2.24, 2.45) is 5.41 Å². The summed E-state index contributed by atoms with van der Waals surface area (Å²) >= 11 is 0. The van der Waals surface area contributed by atoms with Gasteiger partial charge in [-0.3, -0.25) is 4.79 Å². The molecule has 3 heterocycles. The van der Waals surface area contributed by atoms with Gasteiger partial charge in [0.2, 0.25) is 0 Å². The molecule has 25 heavy (non-hydrogen) atoms. The summed E-state index contributed by atoms with van der Waals surface area (Å²) in [5, 5.41) is 1.10. The number of aromatic nitrogens is 1.